The molecule has 1 N–H and O–H groups in total. The van der Waals surface area contributed by atoms with Gasteiger partial charge in [0.2, 0.25) is 0 Å². The molecule has 5 rings (SSSR count). The Morgan fingerprint density at radius 3 is 2.65 bits per heavy atom. The molecule has 2 aromatic carbocycles. The first-order valence-corrected chi connectivity index (χ1v) is 11.6. The zero-order chi connectivity index (χ0) is 23.5. The van der Waals surface area contributed by atoms with Gasteiger partial charge in [-0.2, -0.15) is 0 Å². The van der Waals surface area contributed by atoms with Gasteiger partial charge in [0.15, 0.2) is 0 Å². The van der Waals surface area contributed by atoms with Crippen LogP contribution in [0, 0.1) is 11.8 Å². The average Bonchev–Trinajstić information content (AvgIpc) is 3.36. The van der Waals surface area contributed by atoms with Crippen LogP contribution in [0.15, 0.2) is 89.2 Å². The number of fused-ring (bicyclic) bond motifs is 3. The lowest BCUT2D eigenvalue weighted by Gasteiger charge is -2.13. The second kappa shape index (κ2) is 9.26. The molecule has 5 aromatic rings. The van der Waals surface area contributed by atoms with Crippen LogP contribution in [0.3, 0.4) is 0 Å². The Labute approximate surface area is 200 Å². The summed E-state index contributed by atoms with van der Waals surface area (Å²) in [7, 11) is 1.56. The monoisotopic (exact) mass is 464 g/mol. The first-order chi connectivity index (χ1) is 16.7. The summed E-state index contributed by atoms with van der Waals surface area (Å²) in [5.41, 5.74) is 2.70. The molecule has 0 spiro atoms. The van der Waals surface area contributed by atoms with E-state index in [1.165, 1.54) is 11.3 Å². The summed E-state index contributed by atoms with van der Waals surface area (Å²) >= 11 is 1.50. The Morgan fingerprint density at radius 2 is 1.82 bits per heavy atom. The highest BCUT2D eigenvalue weighted by Crippen LogP contribution is 2.32. The van der Waals surface area contributed by atoms with Crippen molar-refractivity contribution in [3.8, 4) is 28.7 Å². The SMILES string of the molecule is COc1ccccc1-c1cc(C(=O)NCC#Cc2ccccc2)c2c3sccc3ccn2c1=O. The van der Waals surface area contributed by atoms with Gasteiger partial charge in [0.25, 0.3) is 11.5 Å². The van der Waals surface area contributed by atoms with Crippen LogP contribution < -0.4 is 15.6 Å². The van der Waals surface area contributed by atoms with Gasteiger partial charge in [-0.25, -0.2) is 0 Å². The number of pyridine rings is 2. The number of carbonyl (C=O) groups is 1. The number of nitrogens with one attached hydrogen (secondary N) is 1. The van der Waals surface area contributed by atoms with Crippen LogP contribution in [0.2, 0.25) is 0 Å². The van der Waals surface area contributed by atoms with E-state index in [0.29, 0.717) is 28.0 Å². The lowest BCUT2D eigenvalue weighted by atomic mass is 10.0. The van der Waals surface area contributed by atoms with Gasteiger partial charge in [-0.1, -0.05) is 48.2 Å². The maximum atomic E-state index is 13.5. The Balaban J connectivity index is 1.62. The molecule has 0 bridgehead atoms. The van der Waals surface area contributed by atoms with Crippen molar-refractivity contribution in [2.75, 3.05) is 13.7 Å². The lowest BCUT2D eigenvalue weighted by Crippen LogP contribution is -2.27. The molecule has 3 aromatic heterocycles. The molecule has 0 aliphatic carbocycles. The van der Waals surface area contributed by atoms with Gasteiger partial charge in [-0.05, 0) is 47.2 Å². The number of carbonyl (C=O) groups excluding carboxylic acids is 1. The van der Waals surface area contributed by atoms with E-state index in [0.717, 1.165) is 15.6 Å². The predicted octanol–water partition coefficient (Wildman–Crippen LogP) is 4.97. The van der Waals surface area contributed by atoms with Crippen molar-refractivity contribution >= 4 is 32.8 Å². The molecule has 0 aliphatic rings. The lowest BCUT2D eigenvalue weighted by molar-refractivity contribution is 0.0960. The summed E-state index contributed by atoms with van der Waals surface area (Å²) in [5, 5.41) is 5.82. The smallest absolute Gasteiger partial charge is 0.263 e. The zero-order valence-corrected chi connectivity index (χ0v) is 19.2. The average molecular weight is 465 g/mol. The van der Waals surface area contributed by atoms with Crippen molar-refractivity contribution in [2.24, 2.45) is 0 Å². The summed E-state index contributed by atoms with van der Waals surface area (Å²) in [5.74, 6) is 6.30. The fourth-order valence-electron chi connectivity index (χ4n) is 3.93. The minimum Gasteiger partial charge on any atom is -0.496 e. The van der Waals surface area contributed by atoms with Gasteiger partial charge >= 0.3 is 0 Å². The van der Waals surface area contributed by atoms with E-state index < -0.39 is 0 Å². The predicted molar refractivity (Wildman–Crippen MR) is 137 cm³/mol. The number of hydrogen-bond acceptors (Lipinski definition) is 4. The molecule has 0 unspecified atom stereocenters. The molecule has 34 heavy (non-hydrogen) atoms. The highest BCUT2D eigenvalue weighted by atomic mass is 32.1. The third-order valence-corrected chi connectivity index (χ3v) is 6.47. The maximum absolute atomic E-state index is 13.5. The summed E-state index contributed by atoms with van der Waals surface area (Å²) in [6.07, 6.45) is 1.72. The van der Waals surface area contributed by atoms with Crippen molar-refractivity contribution in [3.05, 3.63) is 106 Å². The summed E-state index contributed by atoms with van der Waals surface area (Å²) in [6, 6.07) is 22.4. The van der Waals surface area contributed by atoms with Crippen LogP contribution in [0.1, 0.15) is 15.9 Å². The van der Waals surface area contributed by atoms with Gasteiger partial charge in [-0.15, -0.1) is 11.3 Å². The van der Waals surface area contributed by atoms with E-state index in [1.54, 1.807) is 29.8 Å². The van der Waals surface area contributed by atoms with Crippen LogP contribution >= 0.6 is 11.3 Å². The molecule has 0 fully saturated rings. The fourth-order valence-corrected chi connectivity index (χ4v) is 4.87. The Kier molecular flexibility index (Phi) is 5.86. The second-order valence-electron chi connectivity index (χ2n) is 7.57. The normalized spacial score (nSPS) is 10.6. The van der Waals surface area contributed by atoms with Crippen LogP contribution in [0.25, 0.3) is 26.7 Å². The molecule has 0 aliphatic heterocycles. The Bertz CT molecular complexity index is 1640. The third kappa shape index (κ3) is 3.94. The van der Waals surface area contributed by atoms with Crippen molar-refractivity contribution in [3.63, 3.8) is 0 Å². The summed E-state index contributed by atoms with van der Waals surface area (Å²) in [6.45, 7) is 0.184. The van der Waals surface area contributed by atoms with E-state index >= 15 is 0 Å². The van der Waals surface area contributed by atoms with Crippen molar-refractivity contribution in [1.82, 2.24) is 9.72 Å². The van der Waals surface area contributed by atoms with Crippen molar-refractivity contribution in [2.45, 2.75) is 0 Å². The second-order valence-corrected chi connectivity index (χ2v) is 8.48. The number of benzene rings is 2. The van der Waals surface area contributed by atoms with Crippen LogP contribution in [-0.2, 0) is 0 Å². The minimum absolute atomic E-state index is 0.184. The number of nitrogens with zero attached hydrogens (tertiary/aromatic N) is 1. The molecule has 166 valence electrons. The standard InChI is InChI=1S/C28H20N2O3S/c1-33-24-12-6-5-11-21(24)22-18-23(27(31)29-15-7-10-19-8-3-2-4-9-19)25-26-20(14-17-34-26)13-16-30(25)28(22)32/h2-6,8-9,11-14,16-18H,15H2,1H3,(H,29,31). The molecule has 0 atom stereocenters. The van der Waals surface area contributed by atoms with Gasteiger partial charge < -0.3 is 10.1 Å². The Morgan fingerprint density at radius 1 is 1.03 bits per heavy atom. The fraction of sp³-hybridized carbons (Fsp3) is 0.0714. The van der Waals surface area contributed by atoms with E-state index in [9.17, 15) is 9.59 Å². The summed E-state index contributed by atoms with van der Waals surface area (Å²) < 4.78 is 7.91. The van der Waals surface area contributed by atoms with Gasteiger partial charge in [-0.3, -0.25) is 14.0 Å². The number of rotatable bonds is 4. The third-order valence-electron chi connectivity index (χ3n) is 5.53. The number of thiophene rings is 1. The number of aromatic nitrogens is 1. The zero-order valence-electron chi connectivity index (χ0n) is 18.4. The first kappa shape index (κ1) is 21.5. The number of amides is 1. The van der Waals surface area contributed by atoms with Crippen molar-refractivity contribution in [1.29, 1.82) is 0 Å². The quantitative estimate of drug-likeness (QED) is 0.382. The number of hydrogen-bond donors (Lipinski definition) is 1. The highest BCUT2D eigenvalue weighted by molar-refractivity contribution is 7.18. The number of ether oxygens (including phenoxy) is 1. The van der Waals surface area contributed by atoms with E-state index in [4.69, 9.17) is 4.74 Å². The van der Waals surface area contributed by atoms with Crippen molar-refractivity contribution < 1.29 is 9.53 Å². The molecular formula is C28H20N2O3S. The van der Waals surface area contributed by atoms with E-state index in [-0.39, 0.29) is 18.0 Å². The van der Waals surface area contributed by atoms with Crippen LogP contribution in [-0.4, -0.2) is 24.0 Å². The van der Waals surface area contributed by atoms with Gasteiger partial charge in [0.1, 0.15) is 5.75 Å². The molecule has 3 heterocycles. The first-order valence-electron chi connectivity index (χ1n) is 10.7. The maximum Gasteiger partial charge on any atom is 0.263 e. The molecule has 1 amide bonds. The molecule has 0 saturated carbocycles. The molecule has 0 saturated heterocycles. The van der Waals surface area contributed by atoms with Crippen LogP contribution in [0.5, 0.6) is 5.75 Å². The minimum atomic E-state index is -0.295. The molecule has 0 radical (unpaired) electrons. The molecule has 6 heteroatoms. The van der Waals surface area contributed by atoms with Gasteiger partial charge in [0, 0.05) is 17.3 Å². The molecular weight excluding hydrogens is 444 g/mol. The largest absolute Gasteiger partial charge is 0.496 e. The van der Waals surface area contributed by atoms with E-state index in [2.05, 4.69) is 17.2 Å². The Hall–Kier alpha value is -4.34. The molecule has 5 nitrogen and oxygen atoms in total. The van der Waals surface area contributed by atoms with Crippen LogP contribution in [0.4, 0.5) is 0 Å². The van der Waals surface area contributed by atoms with E-state index in [1.807, 2.05) is 66.0 Å². The topological polar surface area (TPSA) is 59.8 Å². The summed E-state index contributed by atoms with van der Waals surface area (Å²) in [4.78, 5) is 26.9. The van der Waals surface area contributed by atoms with Gasteiger partial charge in [0.05, 0.1) is 35.0 Å². The number of para-hydroxylation sites is 1. The highest BCUT2D eigenvalue weighted by Gasteiger charge is 2.20. The number of methoxy groups -OCH3 is 1.